The van der Waals surface area contributed by atoms with Crippen molar-refractivity contribution in [3.63, 3.8) is 0 Å². The third kappa shape index (κ3) is 3.50. The van der Waals surface area contributed by atoms with Gasteiger partial charge < -0.3 is 15.2 Å². The smallest absolute Gasteiger partial charge is 0.328 e. The molecule has 12 heavy (non-hydrogen) atoms. The number of carboxylic acid groups (broad SMARTS) is 1. The lowest BCUT2D eigenvalue weighted by molar-refractivity contribution is -0.131. The molecule has 1 aliphatic rings. The highest BCUT2D eigenvalue weighted by molar-refractivity contribution is 5.79. The average molecular weight is 171 g/mol. The van der Waals surface area contributed by atoms with Crippen molar-refractivity contribution in [2.75, 3.05) is 19.8 Å². The van der Waals surface area contributed by atoms with Gasteiger partial charge in [-0.3, -0.25) is 0 Å². The van der Waals surface area contributed by atoms with Crippen LogP contribution in [0.3, 0.4) is 0 Å². The number of carbonyl (C=O) groups is 1. The summed E-state index contributed by atoms with van der Waals surface area (Å²) in [5, 5.41) is 11.4. The van der Waals surface area contributed by atoms with Crippen LogP contribution in [0.5, 0.6) is 0 Å². The zero-order valence-electron chi connectivity index (χ0n) is 6.82. The molecular weight excluding hydrogens is 158 g/mol. The van der Waals surface area contributed by atoms with Gasteiger partial charge in [0.15, 0.2) is 0 Å². The first-order chi connectivity index (χ1) is 5.79. The van der Waals surface area contributed by atoms with Crippen LogP contribution in [0.2, 0.25) is 0 Å². The summed E-state index contributed by atoms with van der Waals surface area (Å²) >= 11 is 0. The van der Waals surface area contributed by atoms with Crippen LogP contribution in [0.25, 0.3) is 0 Å². The van der Waals surface area contributed by atoms with E-state index in [4.69, 9.17) is 9.84 Å². The van der Waals surface area contributed by atoms with E-state index in [-0.39, 0.29) is 0 Å². The first kappa shape index (κ1) is 9.22. The molecule has 1 saturated heterocycles. The fraction of sp³-hybridized carbons (Fsp3) is 0.625. The third-order valence-electron chi connectivity index (χ3n) is 1.71. The average Bonchev–Trinajstić information content (AvgIpc) is 2.49. The second-order valence-electron chi connectivity index (χ2n) is 2.71. The quantitative estimate of drug-likeness (QED) is 0.585. The van der Waals surface area contributed by atoms with Gasteiger partial charge in [0.2, 0.25) is 0 Å². The first-order valence-electron chi connectivity index (χ1n) is 3.99. The molecule has 0 spiro atoms. The predicted octanol–water partition coefficient (Wildman–Crippen LogP) is 0.00570. The number of hydrogen-bond acceptors (Lipinski definition) is 3. The van der Waals surface area contributed by atoms with Gasteiger partial charge in [-0.2, -0.15) is 0 Å². The molecule has 4 nitrogen and oxygen atoms in total. The van der Waals surface area contributed by atoms with Crippen LogP contribution in [0.15, 0.2) is 12.2 Å². The van der Waals surface area contributed by atoms with Gasteiger partial charge in [0.05, 0.1) is 6.61 Å². The molecule has 68 valence electrons. The molecule has 1 rings (SSSR count). The minimum Gasteiger partial charge on any atom is -0.478 e. The normalized spacial score (nSPS) is 23.5. The highest BCUT2D eigenvalue weighted by Gasteiger charge is 2.13. The van der Waals surface area contributed by atoms with E-state index in [1.54, 1.807) is 6.08 Å². The number of hydrogen-bond donors (Lipinski definition) is 2. The SMILES string of the molecule is O=C(O)/C=C/CN[C@@H]1CCOC1. The van der Waals surface area contributed by atoms with Crippen molar-refractivity contribution in [3.05, 3.63) is 12.2 Å². The summed E-state index contributed by atoms with van der Waals surface area (Å²) in [5.41, 5.74) is 0. The summed E-state index contributed by atoms with van der Waals surface area (Å²) in [5.74, 6) is -0.903. The van der Waals surface area contributed by atoms with Crippen molar-refractivity contribution in [3.8, 4) is 0 Å². The van der Waals surface area contributed by atoms with Gasteiger partial charge in [-0.05, 0) is 6.42 Å². The van der Waals surface area contributed by atoms with Crippen molar-refractivity contribution in [1.29, 1.82) is 0 Å². The van der Waals surface area contributed by atoms with Gasteiger partial charge in [0.25, 0.3) is 0 Å². The second kappa shape index (κ2) is 4.90. The van der Waals surface area contributed by atoms with Gasteiger partial charge in [0, 0.05) is 25.3 Å². The van der Waals surface area contributed by atoms with E-state index < -0.39 is 5.97 Å². The highest BCUT2D eigenvalue weighted by atomic mass is 16.5. The Hall–Kier alpha value is -0.870. The number of carboxylic acids is 1. The van der Waals surface area contributed by atoms with E-state index in [9.17, 15) is 4.79 Å². The molecule has 0 aromatic heterocycles. The molecule has 0 aromatic rings. The molecule has 0 bridgehead atoms. The van der Waals surface area contributed by atoms with Crippen LogP contribution in [0, 0.1) is 0 Å². The van der Waals surface area contributed by atoms with Crippen molar-refractivity contribution >= 4 is 5.97 Å². The standard InChI is InChI=1S/C8H13NO3/c10-8(11)2-1-4-9-7-3-5-12-6-7/h1-2,7,9H,3-6H2,(H,10,11)/b2-1+/t7-/m1/s1. The molecule has 0 aliphatic carbocycles. The Morgan fingerprint density at radius 3 is 3.17 bits per heavy atom. The molecule has 0 saturated carbocycles. The first-order valence-corrected chi connectivity index (χ1v) is 3.99. The maximum absolute atomic E-state index is 10.1. The Bertz CT molecular complexity index is 173. The highest BCUT2D eigenvalue weighted by Crippen LogP contribution is 2.02. The Labute approximate surface area is 71.2 Å². The van der Waals surface area contributed by atoms with E-state index in [2.05, 4.69) is 5.32 Å². The van der Waals surface area contributed by atoms with Crippen molar-refractivity contribution in [2.24, 2.45) is 0 Å². The summed E-state index contributed by atoms with van der Waals surface area (Å²) in [7, 11) is 0. The lowest BCUT2D eigenvalue weighted by Crippen LogP contribution is -2.29. The summed E-state index contributed by atoms with van der Waals surface area (Å²) in [4.78, 5) is 10.1. The fourth-order valence-electron chi connectivity index (χ4n) is 1.09. The predicted molar refractivity (Wildman–Crippen MR) is 44.0 cm³/mol. The summed E-state index contributed by atoms with van der Waals surface area (Å²) < 4.78 is 5.13. The van der Waals surface area contributed by atoms with Crippen LogP contribution in [0.4, 0.5) is 0 Å². The molecule has 1 heterocycles. The molecular formula is C8H13NO3. The van der Waals surface area contributed by atoms with Gasteiger partial charge in [-0.25, -0.2) is 4.79 Å². The van der Waals surface area contributed by atoms with E-state index in [0.717, 1.165) is 25.7 Å². The maximum Gasteiger partial charge on any atom is 0.328 e. The topological polar surface area (TPSA) is 58.6 Å². The molecule has 0 radical (unpaired) electrons. The molecule has 1 aliphatic heterocycles. The summed E-state index contributed by atoms with van der Waals surface area (Å²) in [6, 6.07) is 0.392. The largest absolute Gasteiger partial charge is 0.478 e. The number of rotatable bonds is 4. The van der Waals surface area contributed by atoms with Crippen molar-refractivity contribution in [2.45, 2.75) is 12.5 Å². The van der Waals surface area contributed by atoms with Crippen LogP contribution < -0.4 is 5.32 Å². The molecule has 0 aromatic carbocycles. The maximum atomic E-state index is 10.1. The molecule has 0 amide bonds. The second-order valence-corrected chi connectivity index (χ2v) is 2.71. The van der Waals surface area contributed by atoms with Crippen LogP contribution in [0.1, 0.15) is 6.42 Å². The van der Waals surface area contributed by atoms with Crippen molar-refractivity contribution < 1.29 is 14.6 Å². The number of aliphatic carboxylic acids is 1. The third-order valence-corrected chi connectivity index (χ3v) is 1.71. The van der Waals surface area contributed by atoms with E-state index in [1.807, 2.05) is 0 Å². The lowest BCUT2D eigenvalue weighted by atomic mass is 10.2. The van der Waals surface area contributed by atoms with Crippen LogP contribution in [-0.4, -0.2) is 36.9 Å². The Kier molecular flexibility index (Phi) is 3.76. The van der Waals surface area contributed by atoms with Gasteiger partial charge in [-0.1, -0.05) is 6.08 Å². The van der Waals surface area contributed by atoms with Crippen LogP contribution in [-0.2, 0) is 9.53 Å². The van der Waals surface area contributed by atoms with E-state index >= 15 is 0 Å². The molecule has 4 heteroatoms. The molecule has 1 fully saturated rings. The van der Waals surface area contributed by atoms with Crippen LogP contribution >= 0.6 is 0 Å². The summed E-state index contributed by atoms with van der Waals surface area (Å²) in [6.45, 7) is 2.14. The molecule has 0 unspecified atom stereocenters. The Balaban J connectivity index is 2.05. The minimum absolute atomic E-state index is 0.392. The number of nitrogens with one attached hydrogen (secondary N) is 1. The molecule has 1 atom stereocenters. The van der Waals surface area contributed by atoms with E-state index in [1.165, 1.54) is 0 Å². The van der Waals surface area contributed by atoms with Gasteiger partial charge in [-0.15, -0.1) is 0 Å². The number of ether oxygens (including phenoxy) is 1. The zero-order chi connectivity index (χ0) is 8.81. The Morgan fingerprint density at radius 1 is 1.75 bits per heavy atom. The van der Waals surface area contributed by atoms with Gasteiger partial charge in [0.1, 0.15) is 0 Å². The minimum atomic E-state index is -0.903. The lowest BCUT2D eigenvalue weighted by Gasteiger charge is -2.06. The van der Waals surface area contributed by atoms with Crippen molar-refractivity contribution in [1.82, 2.24) is 5.32 Å². The van der Waals surface area contributed by atoms with Gasteiger partial charge >= 0.3 is 5.97 Å². The zero-order valence-corrected chi connectivity index (χ0v) is 6.82. The molecule has 2 N–H and O–H groups in total. The monoisotopic (exact) mass is 171 g/mol. The fourth-order valence-corrected chi connectivity index (χ4v) is 1.09. The van der Waals surface area contributed by atoms with E-state index in [0.29, 0.717) is 12.6 Å². The summed E-state index contributed by atoms with van der Waals surface area (Å²) in [6.07, 6.45) is 3.75. The Morgan fingerprint density at radius 2 is 2.58 bits per heavy atom.